The number of hydrogen-bond donors (Lipinski definition) is 0. The molecule has 0 N–H and O–H groups in total. The molecule has 9 heteroatoms. The second-order valence-electron chi connectivity index (χ2n) is 5.35. The van der Waals surface area contributed by atoms with E-state index in [1.165, 1.54) is 47.4 Å². The second-order valence-corrected chi connectivity index (χ2v) is 7.26. The fraction of sp³-hybridized carbons (Fsp3) is 0.111. The molecular weight excluding hydrogens is 391 g/mol. The highest BCUT2D eigenvalue weighted by Crippen LogP contribution is 2.25. The molecule has 0 saturated heterocycles. The number of carbonyl (C=O) groups excluding carboxylic acids is 1. The highest BCUT2D eigenvalue weighted by atomic mass is 32.2. The molecule has 0 spiro atoms. The van der Waals surface area contributed by atoms with E-state index in [2.05, 4.69) is 4.98 Å². The van der Waals surface area contributed by atoms with E-state index >= 15 is 0 Å². The van der Waals surface area contributed by atoms with Gasteiger partial charge in [0.2, 0.25) is 0 Å². The predicted molar refractivity (Wildman–Crippen MR) is 101 cm³/mol. The summed E-state index contributed by atoms with van der Waals surface area (Å²) >= 11 is 2.63. The Bertz CT molecular complexity index is 943. The van der Waals surface area contributed by atoms with E-state index in [1.54, 1.807) is 29.6 Å². The van der Waals surface area contributed by atoms with Crippen molar-refractivity contribution in [3.63, 3.8) is 0 Å². The minimum Gasteiger partial charge on any atom is -0.459 e. The Balaban J connectivity index is 1.48. The number of benzene rings is 2. The molecule has 6 nitrogen and oxygen atoms in total. The Hall–Kier alpha value is -2.78. The number of esters is 1. The fourth-order valence-electron chi connectivity index (χ4n) is 2.10. The van der Waals surface area contributed by atoms with E-state index in [9.17, 15) is 19.3 Å². The van der Waals surface area contributed by atoms with E-state index in [-0.39, 0.29) is 23.9 Å². The normalized spacial score (nSPS) is 10.6. The second kappa shape index (κ2) is 8.74. The monoisotopic (exact) mass is 404 g/mol. The zero-order chi connectivity index (χ0) is 19.2. The van der Waals surface area contributed by atoms with E-state index in [4.69, 9.17) is 4.74 Å². The maximum Gasteiger partial charge on any atom is 0.316 e. The van der Waals surface area contributed by atoms with Gasteiger partial charge in [0.05, 0.1) is 16.4 Å². The van der Waals surface area contributed by atoms with Crippen molar-refractivity contribution < 1.29 is 18.8 Å². The van der Waals surface area contributed by atoms with Crippen LogP contribution < -0.4 is 0 Å². The van der Waals surface area contributed by atoms with Gasteiger partial charge in [-0.1, -0.05) is 0 Å². The van der Waals surface area contributed by atoms with Gasteiger partial charge in [-0.25, -0.2) is 9.37 Å². The van der Waals surface area contributed by atoms with Crippen LogP contribution in [0, 0.1) is 15.9 Å². The topological polar surface area (TPSA) is 82.3 Å². The lowest BCUT2D eigenvalue weighted by Gasteiger charge is -2.03. The number of nitro groups is 1. The van der Waals surface area contributed by atoms with Crippen molar-refractivity contribution >= 4 is 34.8 Å². The van der Waals surface area contributed by atoms with E-state index in [0.29, 0.717) is 5.69 Å². The van der Waals surface area contributed by atoms with Crippen LogP contribution in [0.4, 0.5) is 10.1 Å². The summed E-state index contributed by atoms with van der Waals surface area (Å²) in [4.78, 5) is 27.1. The Kier molecular flexibility index (Phi) is 6.15. The summed E-state index contributed by atoms with van der Waals surface area (Å²) in [5, 5.41) is 13.1. The molecule has 0 unspecified atom stereocenters. The number of aromatic nitrogens is 1. The van der Waals surface area contributed by atoms with Gasteiger partial charge >= 0.3 is 5.97 Å². The van der Waals surface area contributed by atoms with Gasteiger partial charge in [0.1, 0.15) is 17.4 Å². The molecule has 0 atom stereocenters. The van der Waals surface area contributed by atoms with Crippen molar-refractivity contribution in [1.29, 1.82) is 0 Å². The largest absolute Gasteiger partial charge is 0.459 e. The van der Waals surface area contributed by atoms with Gasteiger partial charge in [0.25, 0.3) is 5.69 Å². The predicted octanol–water partition coefficient (Wildman–Crippen LogP) is 4.69. The molecular formula is C18H13FN2O4S2. The Morgan fingerprint density at radius 1 is 1.19 bits per heavy atom. The average molecular weight is 404 g/mol. The highest BCUT2D eigenvalue weighted by molar-refractivity contribution is 8.00. The highest BCUT2D eigenvalue weighted by Gasteiger charge is 2.10. The van der Waals surface area contributed by atoms with Gasteiger partial charge in [0, 0.05) is 28.0 Å². The molecule has 3 rings (SSSR count). The lowest BCUT2D eigenvalue weighted by Crippen LogP contribution is -2.07. The maximum atomic E-state index is 13.0. The molecule has 0 aliphatic rings. The molecule has 0 radical (unpaired) electrons. The van der Waals surface area contributed by atoms with Crippen LogP contribution in [-0.4, -0.2) is 21.6 Å². The summed E-state index contributed by atoms with van der Waals surface area (Å²) in [7, 11) is 0. The lowest BCUT2D eigenvalue weighted by atomic mass is 10.2. The molecule has 0 saturated carbocycles. The first-order valence-electron chi connectivity index (χ1n) is 7.74. The van der Waals surface area contributed by atoms with Crippen LogP contribution in [0.5, 0.6) is 0 Å². The van der Waals surface area contributed by atoms with Crippen molar-refractivity contribution in [3.05, 3.63) is 75.5 Å². The first-order valence-corrected chi connectivity index (χ1v) is 9.61. The van der Waals surface area contributed by atoms with E-state index in [1.807, 2.05) is 0 Å². The van der Waals surface area contributed by atoms with Crippen LogP contribution in [0.2, 0.25) is 0 Å². The number of thioether (sulfide) groups is 1. The number of hydrogen-bond acceptors (Lipinski definition) is 7. The third kappa shape index (κ3) is 5.35. The van der Waals surface area contributed by atoms with Crippen LogP contribution in [0.25, 0.3) is 10.6 Å². The molecule has 0 bridgehead atoms. The van der Waals surface area contributed by atoms with Crippen molar-refractivity contribution in [2.45, 2.75) is 11.5 Å². The minimum atomic E-state index is -0.475. The van der Waals surface area contributed by atoms with Crippen molar-refractivity contribution in [2.75, 3.05) is 5.75 Å². The number of nitro benzene ring substituents is 1. The number of nitrogens with zero attached hydrogens (tertiary/aromatic N) is 2. The number of carbonyl (C=O) groups is 1. The number of non-ortho nitro benzene ring substituents is 1. The van der Waals surface area contributed by atoms with Crippen molar-refractivity contribution in [3.8, 4) is 10.6 Å². The fourth-order valence-corrected chi connectivity index (χ4v) is 3.61. The third-order valence-corrected chi connectivity index (χ3v) is 5.35. The Morgan fingerprint density at radius 2 is 1.89 bits per heavy atom. The average Bonchev–Trinajstić information content (AvgIpc) is 3.14. The van der Waals surface area contributed by atoms with Crippen molar-refractivity contribution in [1.82, 2.24) is 4.98 Å². The number of rotatable bonds is 7. The molecule has 138 valence electrons. The molecule has 0 fully saturated rings. The van der Waals surface area contributed by atoms with Crippen LogP contribution in [0.1, 0.15) is 5.69 Å². The lowest BCUT2D eigenvalue weighted by molar-refractivity contribution is -0.384. The molecule has 0 amide bonds. The Labute approximate surface area is 162 Å². The van der Waals surface area contributed by atoms with Crippen LogP contribution >= 0.6 is 23.1 Å². The summed E-state index contributed by atoms with van der Waals surface area (Å²) < 4.78 is 18.2. The van der Waals surface area contributed by atoms with Gasteiger partial charge in [-0.3, -0.25) is 14.9 Å². The summed E-state index contributed by atoms with van der Waals surface area (Å²) in [6.07, 6.45) is 0. The zero-order valence-electron chi connectivity index (χ0n) is 13.8. The van der Waals surface area contributed by atoms with Crippen LogP contribution in [-0.2, 0) is 16.1 Å². The summed E-state index contributed by atoms with van der Waals surface area (Å²) in [5.74, 6) is -0.628. The smallest absolute Gasteiger partial charge is 0.316 e. The SMILES string of the molecule is O=C(CSc1ccc([N+](=O)[O-])cc1)OCc1csc(-c2ccc(F)cc2)n1. The van der Waals surface area contributed by atoms with Gasteiger partial charge in [0.15, 0.2) is 0 Å². The molecule has 27 heavy (non-hydrogen) atoms. The first kappa shape index (κ1) is 19.0. The van der Waals surface area contributed by atoms with E-state index < -0.39 is 10.9 Å². The summed E-state index contributed by atoms with van der Waals surface area (Å²) in [5.41, 5.74) is 1.42. The Morgan fingerprint density at radius 3 is 2.56 bits per heavy atom. The number of ether oxygens (including phenoxy) is 1. The minimum absolute atomic E-state index is 0.00224. The molecule has 2 aromatic carbocycles. The molecule has 3 aromatic rings. The molecule has 0 aliphatic carbocycles. The number of halogens is 1. The first-order chi connectivity index (χ1) is 13.0. The molecule has 1 heterocycles. The maximum absolute atomic E-state index is 13.0. The standard InChI is InChI=1S/C18H13FN2O4S2/c19-13-3-1-12(2-4-13)18-20-14(10-27-18)9-25-17(22)11-26-16-7-5-15(6-8-16)21(23)24/h1-8,10H,9,11H2. The third-order valence-electron chi connectivity index (χ3n) is 3.43. The van der Waals surface area contributed by atoms with Gasteiger partial charge in [-0.15, -0.1) is 23.1 Å². The van der Waals surface area contributed by atoms with E-state index in [0.717, 1.165) is 15.5 Å². The van der Waals surface area contributed by atoms with Crippen LogP contribution in [0.15, 0.2) is 58.8 Å². The van der Waals surface area contributed by atoms with Crippen molar-refractivity contribution in [2.24, 2.45) is 0 Å². The summed E-state index contributed by atoms with van der Waals surface area (Å²) in [6, 6.07) is 12.0. The van der Waals surface area contributed by atoms with Gasteiger partial charge < -0.3 is 4.74 Å². The zero-order valence-corrected chi connectivity index (χ0v) is 15.5. The molecule has 1 aromatic heterocycles. The van der Waals surface area contributed by atoms with Gasteiger partial charge in [-0.05, 0) is 36.4 Å². The quantitative estimate of drug-likeness (QED) is 0.246. The summed E-state index contributed by atoms with van der Waals surface area (Å²) in [6.45, 7) is 0.0529. The van der Waals surface area contributed by atoms with Gasteiger partial charge in [-0.2, -0.15) is 0 Å². The number of thiazole rings is 1. The molecule has 0 aliphatic heterocycles. The van der Waals surface area contributed by atoms with Crippen LogP contribution in [0.3, 0.4) is 0 Å².